The number of hydrogen-bond acceptors (Lipinski definition) is 3. The molecule has 2 rings (SSSR count). The molecule has 1 saturated heterocycles. The molecule has 0 saturated carbocycles. The molecule has 0 aromatic heterocycles. The highest BCUT2D eigenvalue weighted by Crippen LogP contribution is 2.26. The van der Waals surface area contributed by atoms with Gasteiger partial charge in [-0.25, -0.2) is 8.42 Å². The largest absolute Gasteiger partial charge is 0.393 e. The summed E-state index contributed by atoms with van der Waals surface area (Å²) in [6, 6.07) is 7.07. The lowest BCUT2D eigenvalue weighted by molar-refractivity contribution is 0.0912. The maximum Gasteiger partial charge on any atom is 0.243 e. The predicted molar refractivity (Wildman–Crippen MR) is 74.3 cm³/mol. The highest BCUT2D eigenvalue weighted by molar-refractivity contribution is 7.89. The van der Waals surface area contributed by atoms with E-state index in [1.807, 2.05) is 19.1 Å². The van der Waals surface area contributed by atoms with E-state index in [1.165, 1.54) is 4.31 Å². The summed E-state index contributed by atoms with van der Waals surface area (Å²) < 4.78 is 26.6. The summed E-state index contributed by atoms with van der Waals surface area (Å²) in [6.07, 6.45) is 1.09. The van der Waals surface area contributed by atoms with Crippen LogP contribution in [-0.4, -0.2) is 37.0 Å². The molecule has 1 aliphatic heterocycles. The van der Waals surface area contributed by atoms with Crippen LogP contribution in [0.15, 0.2) is 29.2 Å². The fourth-order valence-electron chi connectivity index (χ4n) is 2.58. The van der Waals surface area contributed by atoms with Gasteiger partial charge >= 0.3 is 0 Å². The number of sulfonamides is 1. The molecule has 1 unspecified atom stereocenters. The Morgan fingerprint density at radius 2 is 1.84 bits per heavy atom. The number of piperidine rings is 1. The number of aliphatic hydroxyl groups excluding tert-OH is 1. The van der Waals surface area contributed by atoms with Crippen molar-refractivity contribution in [2.24, 2.45) is 5.92 Å². The van der Waals surface area contributed by atoms with Crippen LogP contribution in [0.3, 0.4) is 0 Å². The number of benzene rings is 1. The Hall–Kier alpha value is -0.910. The highest BCUT2D eigenvalue weighted by atomic mass is 32.2. The SMILES string of the molecule is Cc1ccccc1S(=O)(=O)N1CCC(C(C)O)CC1. The zero-order valence-corrected chi connectivity index (χ0v) is 12.2. The van der Waals surface area contributed by atoms with Crippen molar-refractivity contribution in [2.45, 2.75) is 37.7 Å². The quantitative estimate of drug-likeness (QED) is 0.920. The summed E-state index contributed by atoms with van der Waals surface area (Å²) in [5.74, 6) is 0.211. The molecule has 19 heavy (non-hydrogen) atoms. The summed E-state index contributed by atoms with van der Waals surface area (Å²) in [6.45, 7) is 4.57. The second-order valence-electron chi connectivity index (χ2n) is 5.25. The molecule has 1 N–H and O–H groups in total. The topological polar surface area (TPSA) is 57.6 Å². The Morgan fingerprint density at radius 3 is 2.37 bits per heavy atom. The molecule has 106 valence electrons. The zero-order chi connectivity index (χ0) is 14.0. The van der Waals surface area contributed by atoms with Gasteiger partial charge in [0.15, 0.2) is 0 Å². The van der Waals surface area contributed by atoms with Gasteiger partial charge in [0.1, 0.15) is 0 Å². The van der Waals surface area contributed by atoms with Crippen LogP contribution in [0.25, 0.3) is 0 Å². The van der Waals surface area contributed by atoms with Crippen molar-refractivity contribution in [2.75, 3.05) is 13.1 Å². The summed E-state index contributed by atoms with van der Waals surface area (Å²) in [5, 5.41) is 9.56. The lowest BCUT2D eigenvalue weighted by Gasteiger charge is -2.32. The summed E-state index contributed by atoms with van der Waals surface area (Å²) in [7, 11) is -3.39. The number of hydrogen-bond donors (Lipinski definition) is 1. The van der Waals surface area contributed by atoms with E-state index >= 15 is 0 Å². The second kappa shape index (κ2) is 5.61. The third-order valence-corrected chi connectivity index (χ3v) is 5.95. The van der Waals surface area contributed by atoms with Crippen molar-refractivity contribution in [1.29, 1.82) is 0 Å². The van der Waals surface area contributed by atoms with Gasteiger partial charge in [-0.3, -0.25) is 0 Å². The van der Waals surface area contributed by atoms with E-state index in [2.05, 4.69) is 0 Å². The average molecular weight is 283 g/mol. The van der Waals surface area contributed by atoms with Gasteiger partial charge in [-0.15, -0.1) is 0 Å². The molecular weight excluding hydrogens is 262 g/mol. The maximum atomic E-state index is 12.5. The van der Waals surface area contributed by atoms with Crippen LogP contribution >= 0.6 is 0 Å². The first-order valence-corrected chi connectivity index (χ1v) is 8.11. The molecule has 0 bridgehead atoms. The van der Waals surface area contributed by atoms with Gasteiger partial charge in [0.2, 0.25) is 10.0 Å². The van der Waals surface area contributed by atoms with Crippen LogP contribution in [0.2, 0.25) is 0 Å². The Kier molecular flexibility index (Phi) is 4.28. The summed E-state index contributed by atoms with van der Waals surface area (Å²) >= 11 is 0. The van der Waals surface area contributed by atoms with Gasteiger partial charge in [-0.2, -0.15) is 4.31 Å². The minimum Gasteiger partial charge on any atom is -0.393 e. The number of nitrogens with zero attached hydrogens (tertiary/aromatic N) is 1. The number of aliphatic hydroxyl groups is 1. The molecule has 1 atom stereocenters. The third-order valence-electron chi connectivity index (χ3n) is 3.89. The van der Waals surface area contributed by atoms with Gasteiger partial charge < -0.3 is 5.11 Å². The van der Waals surface area contributed by atoms with Crippen LogP contribution in [0.1, 0.15) is 25.3 Å². The van der Waals surface area contributed by atoms with E-state index in [0.717, 1.165) is 18.4 Å². The van der Waals surface area contributed by atoms with E-state index in [0.29, 0.717) is 18.0 Å². The normalized spacial score (nSPS) is 20.4. The van der Waals surface area contributed by atoms with Crippen LogP contribution in [0.4, 0.5) is 0 Å². The third kappa shape index (κ3) is 2.99. The lowest BCUT2D eigenvalue weighted by Crippen LogP contribution is -2.40. The summed E-state index contributed by atoms with van der Waals surface area (Å²) in [4.78, 5) is 0.394. The molecule has 5 heteroatoms. The Balaban J connectivity index is 2.17. The smallest absolute Gasteiger partial charge is 0.243 e. The first-order valence-electron chi connectivity index (χ1n) is 6.67. The van der Waals surface area contributed by atoms with E-state index in [9.17, 15) is 13.5 Å². The lowest BCUT2D eigenvalue weighted by atomic mass is 9.93. The van der Waals surface area contributed by atoms with Crippen molar-refractivity contribution < 1.29 is 13.5 Å². The molecular formula is C14H21NO3S. The fraction of sp³-hybridized carbons (Fsp3) is 0.571. The molecule has 0 amide bonds. The van der Waals surface area contributed by atoms with Crippen molar-refractivity contribution in [3.05, 3.63) is 29.8 Å². The van der Waals surface area contributed by atoms with Gasteiger partial charge in [0, 0.05) is 13.1 Å². The van der Waals surface area contributed by atoms with E-state index < -0.39 is 10.0 Å². The monoisotopic (exact) mass is 283 g/mol. The van der Waals surface area contributed by atoms with E-state index in [-0.39, 0.29) is 12.0 Å². The van der Waals surface area contributed by atoms with Crippen LogP contribution in [0, 0.1) is 12.8 Å². The molecule has 1 aromatic rings. The van der Waals surface area contributed by atoms with Gasteiger partial charge in [0.05, 0.1) is 11.0 Å². The van der Waals surface area contributed by atoms with Crippen LogP contribution in [0.5, 0.6) is 0 Å². The summed E-state index contributed by atoms with van der Waals surface area (Å²) in [5.41, 5.74) is 0.778. The van der Waals surface area contributed by atoms with Gasteiger partial charge in [-0.05, 0) is 44.2 Å². The Bertz CT molecular complexity index is 531. The Labute approximate surface area is 115 Å². The first-order chi connectivity index (χ1) is 8.93. The van der Waals surface area contributed by atoms with Crippen molar-refractivity contribution in [1.82, 2.24) is 4.31 Å². The molecule has 1 aliphatic rings. The molecule has 0 radical (unpaired) electrons. The predicted octanol–water partition coefficient (Wildman–Crippen LogP) is 1.78. The van der Waals surface area contributed by atoms with Crippen molar-refractivity contribution >= 4 is 10.0 Å². The van der Waals surface area contributed by atoms with Crippen LogP contribution < -0.4 is 0 Å². The molecule has 1 heterocycles. The Morgan fingerprint density at radius 1 is 1.26 bits per heavy atom. The fourth-order valence-corrected chi connectivity index (χ4v) is 4.28. The second-order valence-corrected chi connectivity index (χ2v) is 7.15. The van der Waals surface area contributed by atoms with Crippen LogP contribution in [-0.2, 0) is 10.0 Å². The standard InChI is InChI=1S/C14H21NO3S/c1-11-5-3-4-6-14(11)19(17,18)15-9-7-13(8-10-15)12(2)16/h3-6,12-13,16H,7-10H2,1-2H3. The molecule has 1 aromatic carbocycles. The van der Waals surface area contributed by atoms with E-state index in [4.69, 9.17) is 0 Å². The maximum absolute atomic E-state index is 12.5. The first kappa shape index (κ1) is 14.5. The molecule has 0 spiro atoms. The van der Waals surface area contributed by atoms with Gasteiger partial charge in [-0.1, -0.05) is 18.2 Å². The minimum atomic E-state index is -3.39. The molecule has 1 fully saturated rings. The zero-order valence-electron chi connectivity index (χ0n) is 11.4. The number of rotatable bonds is 3. The van der Waals surface area contributed by atoms with E-state index in [1.54, 1.807) is 19.1 Å². The number of aryl methyl sites for hydroxylation is 1. The van der Waals surface area contributed by atoms with Crippen molar-refractivity contribution in [3.8, 4) is 0 Å². The average Bonchev–Trinajstić information content (AvgIpc) is 2.39. The minimum absolute atomic E-state index is 0.211. The molecule has 4 nitrogen and oxygen atoms in total. The van der Waals surface area contributed by atoms with Crippen molar-refractivity contribution in [3.63, 3.8) is 0 Å². The van der Waals surface area contributed by atoms with Gasteiger partial charge in [0.25, 0.3) is 0 Å². The molecule has 0 aliphatic carbocycles. The highest BCUT2D eigenvalue weighted by Gasteiger charge is 2.31.